The van der Waals surface area contributed by atoms with Gasteiger partial charge in [0.15, 0.2) is 0 Å². The summed E-state index contributed by atoms with van der Waals surface area (Å²) in [7, 11) is -3.99. The summed E-state index contributed by atoms with van der Waals surface area (Å²) < 4.78 is 52.9. The molecule has 4 nitrogen and oxygen atoms in total. The average Bonchev–Trinajstić information content (AvgIpc) is 2.36. The van der Waals surface area contributed by atoms with E-state index in [9.17, 15) is 17.2 Å². The van der Waals surface area contributed by atoms with Crippen molar-refractivity contribution in [2.75, 3.05) is 10.5 Å². The van der Waals surface area contributed by atoms with Crippen LogP contribution in [0, 0.1) is 18.6 Å². The molecule has 0 heterocycles. The maximum Gasteiger partial charge on any atom is 0.262 e. The van der Waals surface area contributed by atoms with Crippen molar-refractivity contribution in [1.29, 1.82) is 0 Å². The van der Waals surface area contributed by atoms with Gasteiger partial charge >= 0.3 is 0 Å². The van der Waals surface area contributed by atoms with Crippen molar-refractivity contribution in [1.82, 2.24) is 0 Å². The topological polar surface area (TPSA) is 72.2 Å². The zero-order valence-electron chi connectivity index (χ0n) is 10.5. The van der Waals surface area contributed by atoms with E-state index in [1.807, 2.05) is 0 Å². The zero-order chi connectivity index (χ0) is 14.9. The van der Waals surface area contributed by atoms with E-state index in [0.29, 0.717) is 0 Å². The summed E-state index contributed by atoms with van der Waals surface area (Å²) in [5.74, 6) is -1.19. The highest BCUT2D eigenvalue weighted by atomic mass is 32.2. The number of rotatable bonds is 3. The van der Waals surface area contributed by atoms with Crippen LogP contribution in [0.25, 0.3) is 0 Å². The first-order chi connectivity index (χ1) is 9.29. The average molecular weight is 298 g/mol. The van der Waals surface area contributed by atoms with Gasteiger partial charge in [-0.25, -0.2) is 17.2 Å². The van der Waals surface area contributed by atoms with E-state index in [1.165, 1.54) is 25.1 Å². The molecule has 7 heteroatoms. The normalized spacial score (nSPS) is 11.3. The van der Waals surface area contributed by atoms with Gasteiger partial charge in [-0.2, -0.15) is 0 Å². The lowest BCUT2D eigenvalue weighted by Crippen LogP contribution is -2.15. The number of hydrogen-bond acceptors (Lipinski definition) is 3. The van der Waals surface area contributed by atoms with E-state index >= 15 is 0 Å². The monoisotopic (exact) mass is 298 g/mol. The summed E-state index contributed by atoms with van der Waals surface area (Å²) in [5, 5.41) is 0. The number of nitrogens with one attached hydrogen (secondary N) is 1. The molecule has 2 rings (SSSR count). The van der Waals surface area contributed by atoms with Gasteiger partial charge < -0.3 is 5.73 Å². The van der Waals surface area contributed by atoms with Crippen LogP contribution in [0.5, 0.6) is 0 Å². The van der Waals surface area contributed by atoms with Crippen LogP contribution in [0.2, 0.25) is 0 Å². The molecule has 3 N–H and O–H groups in total. The van der Waals surface area contributed by atoms with Crippen molar-refractivity contribution in [3.63, 3.8) is 0 Å². The van der Waals surface area contributed by atoms with Crippen LogP contribution in [-0.2, 0) is 10.0 Å². The fourth-order valence-electron chi connectivity index (χ4n) is 1.68. The molecule has 0 saturated heterocycles. The zero-order valence-corrected chi connectivity index (χ0v) is 11.3. The van der Waals surface area contributed by atoms with Crippen molar-refractivity contribution in [2.24, 2.45) is 0 Å². The van der Waals surface area contributed by atoms with Crippen molar-refractivity contribution >= 4 is 21.4 Å². The Bertz CT molecular complexity index is 744. The van der Waals surface area contributed by atoms with E-state index in [2.05, 4.69) is 4.72 Å². The van der Waals surface area contributed by atoms with Crippen LogP contribution in [0.15, 0.2) is 41.3 Å². The van der Waals surface area contributed by atoms with Gasteiger partial charge in [-0.1, -0.05) is 0 Å². The fraction of sp³-hybridized carbons (Fsp3) is 0.0769. The largest absolute Gasteiger partial charge is 0.399 e. The maximum absolute atomic E-state index is 13.5. The molecule has 20 heavy (non-hydrogen) atoms. The Kier molecular flexibility index (Phi) is 3.63. The molecule has 0 radical (unpaired) electrons. The lowest BCUT2D eigenvalue weighted by atomic mass is 10.2. The molecule has 0 aliphatic carbocycles. The van der Waals surface area contributed by atoms with Gasteiger partial charge in [-0.3, -0.25) is 4.72 Å². The summed E-state index contributed by atoms with van der Waals surface area (Å²) >= 11 is 0. The van der Waals surface area contributed by atoms with Gasteiger partial charge in [0.2, 0.25) is 0 Å². The van der Waals surface area contributed by atoms with Gasteiger partial charge in [0.25, 0.3) is 10.0 Å². The summed E-state index contributed by atoms with van der Waals surface area (Å²) in [6, 6.07) is 6.99. The smallest absolute Gasteiger partial charge is 0.262 e. The Morgan fingerprint density at radius 1 is 1.10 bits per heavy atom. The lowest BCUT2D eigenvalue weighted by molar-refractivity contribution is 0.591. The predicted molar refractivity (Wildman–Crippen MR) is 72.8 cm³/mol. The predicted octanol–water partition coefficient (Wildman–Crippen LogP) is 2.66. The number of hydrogen-bond donors (Lipinski definition) is 2. The highest BCUT2D eigenvalue weighted by Gasteiger charge is 2.20. The highest BCUT2D eigenvalue weighted by Crippen LogP contribution is 2.24. The molecular weight excluding hydrogens is 286 g/mol. The first kappa shape index (κ1) is 14.3. The minimum Gasteiger partial charge on any atom is -0.399 e. The fourth-order valence-corrected chi connectivity index (χ4v) is 3.03. The number of nitrogens with two attached hydrogens (primary N) is 1. The molecule has 0 spiro atoms. The molecule has 0 fully saturated rings. The minimum atomic E-state index is -3.99. The second-order valence-electron chi connectivity index (χ2n) is 4.24. The summed E-state index contributed by atoms with van der Waals surface area (Å²) in [4.78, 5) is -0.251. The molecule has 0 amide bonds. The number of anilines is 2. The van der Waals surface area contributed by atoms with Crippen LogP contribution < -0.4 is 10.5 Å². The Morgan fingerprint density at radius 3 is 2.30 bits per heavy atom. The number of halogens is 2. The molecule has 106 valence electrons. The van der Waals surface area contributed by atoms with Crippen molar-refractivity contribution in [3.8, 4) is 0 Å². The van der Waals surface area contributed by atoms with Gasteiger partial charge in [0.05, 0.1) is 4.90 Å². The summed E-state index contributed by atoms with van der Waals surface area (Å²) in [6.45, 7) is 1.34. The highest BCUT2D eigenvalue weighted by molar-refractivity contribution is 7.92. The molecule has 0 unspecified atom stereocenters. The number of sulfonamides is 1. The molecular formula is C13H12F2N2O2S. The van der Waals surface area contributed by atoms with Crippen molar-refractivity contribution in [2.45, 2.75) is 11.8 Å². The Morgan fingerprint density at radius 2 is 1.70 bits per heavy atom. The molecule has 0 bridgehead atoms. The third-order valence-electron chi connectivity index (χ3n) is 2.70. The van der Waals surface area contributed by atoms with E-state index in [-0.39, 0.29) is 21.8 Å². The first-order valence-electron chi connectivity index (χ1n) is 5.63. The SMILES string of the molecule is Cc1c(F)cc(N)cc1S(=O)(=O)Nc1ccc(F)cc1. The lowest BCUT2D eigenvalue weighted by Gasteiger charge is -2.11. The van der Waals surface area contributed by atoms with Crippen LogP contribution in [0.3, 0.4) is 0 Å². The van der Waals surface area contributed by atoms with Gasteiger partial charge in [-0.15, -0.1) is 0 Å². The second-order valence-corrected chi connectivity index (χ2v) is 5.89. The second kappa shape index (κ2) is 5.09. The molecule has 2 aromatic carbocycles. The van der Waals surface area contributed by atoms with Crippen LogP contribution >= 0.6 is 0 Å². The quantitative estimate of drug-likeness (QED) is 0.856. The van der Waals surface area contributed by atoms with Crippen molar-refractivity contribution in [3.05, 3.63) is 53.6 Å². The molecule has 0 atom stereocenters. The van der Waals surface area contributed by atoms with Crippen LogP contribution in [0.4, 0.5) is 20.2 Å². The van der Waals surface area contributed by atoms with E-state index in [0.717, 1.165) is 18.2 Å². The standard InChI is InChI=1S/C13H12F2N2O2S/c1-8-12(15)6-10(16)7-13(8)20(18,19)17-11-4-2-9(14)3-5-11/h2-7,17H,16H2,1H3. The van der Waals surface area contributed by atoms with Crippen LogP contribution in [-0.4, -0.2) is 8.42 Å². The van der Waals surface area contributed by atoms with Crippen molar-refractivity contribution < 1.29 is 17.2 Å². The molecule has 0 aromatic heterocycles. The number of nitrogen functional groups attached to an aromatic ring is 1. The Hall–Kier alpha value is -2.15. The maximum atomic E-state index is 13.5. The van der Waals surface area contributed by atoms with Crippen LogP contribution in [0.1, 0.15) is 5.56 Å². The molecule has 2 aromatic rings. The Labute approximate surface area is 115 Å². The minimum absolute atomic E-state index is 0.00702. The van der Waals surface area contributed by atoms with E-state index in [1.54, 1.807) is 0 Å². The molecule has 0 aliphatic rings. The Balaban J connectivity index is 2.43. The van der Waals surface area contributed by atoms with E-state index in [4.69, 9.17) is 5.73 Å². The van der Waals surface area contributed by atoms with Gasteiger partial charge in [-0.05, 0) is 43.3 Å². The third kappa shape index (κ3) is 2.88. The molecule has 0 aliphatic heterocycles. The third-order valence-corrected chi connectivity index (χ3v) is 4.21. The number of benzene rings is 2. The van der Waals surface area contributed by atoms with Gasteiger partial charge in [0.1, 0.15) is 11.6 Å². The first-order valence-corrected chi connectivity index (χ1v) is 7.12. The van der Waals surface area contributed by atoms with Gasteiger partial charge in [0, 0.05) is 16.9 Å². The molecule has 0 saturated carbocycles. The summed E-state index contributed by atoms with van der Waals surface area (Å²) in [5.41, 5.74) is 5.60. The van der Waals surface area contributed by atoms with E-state index < -0.39 is 21.7 Å². The summed E-state index contributed by atoms with van der Waals surface area (Å²) in [6.07, 6.45) is 0.